The van der Waals surface area contributed by atoms with Crippen molar-refractivity contribution < 1.29 is 9.53 Å². The first kappa shape index (κ1) is 16.1. The van der Waals surface area contributed by atoms with E-state index in [1.54, 1.807) is 0 Å². The van der Waals surface area contributed by atoms with Gasteiger partial charge in [0.05, 0.1) is 6.61 Å². The fraction of sp³-hybridized carbons (Fsp3) is 0.650. The number of rotatable bonds is 5. The van der Waals surface area contributed by atoms with Crippen LogP contribution in [0, 0.1) is 11.8 Å². The second kappa shape index (κ2) is 7.24. The summed E-state index contributed by atoms with van der Waals surface area (Å²) in [7, 11) is 0. The van der Waals surface area contributed by atoms with E-state index in [1.165, 1.54) is 30.4 Å². The molecule has 1 unspecified atom stereocenters. The highest BCUT2D eigenvalue weighted by Crippen LogP contribution is 2.35. The van der Waals surface area contributed by atoms with E-state index in [4.69, 9.17) is 4.74 Å². The molecule has 130 valence electrons. The summed E-state index contributed by atoms with van der Waals surface area (Å²) in [6, 6.07) is 8.83. The van der Waals surface area contributed by atoms with Crippen LogP contribution in [0.4, 0.5) is 0 Å². The van der Waals surface area contributed by atoms with Crippen LogP contribution in [-0.2, 0) is 22.5 Å². The molecule has 0 aromatic heterocycles. The Bertz CT molecular complexity index is 585. The van der Waals surface area contributed by atoms with Crippen LogP contribution in [-0.4, -0.2) is 55.1 Å². The minimum atomic E-state index is 0.176. The van der Waals surface area contributed by atoms with Gasteiger partial charge in [0.15, 0.2) is 0 Å². The highest BCUT2D eigenvalue weighted by molar-refractivity contribution is 5.78. The van der Waals surface area contributed by atoms with Crippen LogP contribution in [0.5, 0.6) is 0 Å². The second-order valence-corrected chi connectivity index (χ2v) is 7.60. The molecule has 3 aliphatic rings. The van der Waals surface area contributed by atoms with Crippen molar-refractivity contribution >= 4 is 5.91 Å². The van der Waals surface area contributed by atoms with Crippen molar-refractivity contribution in [1.82, 2.24) is 9.80 Å². The summed E-state index contributed by atoms with van der Waals surface area (Å²) < 4.78 is 5.28. The van der Waals surface area contributed by atoms with E-state index in [-0.39, 0.29) is 12.5 Å². The maximum absolute atomic E-state index is 12.1. The monoisotopic (exact) mass is 328 g/mol. The summed E-state index contributed by atoms with van der Waals surface area (Å²) in [5, 5.41) is 0. The number of benzene rings is 1. The topological polar surface area (TPSA) is 32.8 Å². The number of carbonyl (C=O) groups is 1. The van der Waals surface area contributed by atoms with E-state index in [0.717, 1.165) is 45.1 Å². The zero-order chi connectivity index (χ0) is 16.4. The van der Waals surface area contributed by atoms with Crippen LogP contribution in [0.3, 0.4) is 0 Å². The molecule has 1 aromatic carbocycles. The number of hydrogen-bond acceptors (Lipinski definition) is 3. The average molecular weight is 328 g/mol. The zero-order valence-electron chi connectivity index (χ0n) is 14.5. The highest BCUT2D eigenvalue weighted by Gasteiger charge is 2.32. The standard InChI is InChI=1S/C20H28N2O2/c23-20-15-24-11-10-22(20)14-19(16-6-3-7-16)13-21-9-8-17-4-1-2-5-18(17)12-21/h1-2,4-5,16,19H,3,6-15H2. The predicted molar refractivity (Wildman–Crippen MR) is 93.7 cm³/mol. The molecule has 2 heterocycles. The van der Waals surface area contributed by atoms with E-state index < -0.39 is 0 Å². The molecule has 4 nitrogen and oxygen atoms in total. The zero-order valence-corrected chi connectivity index (χ0v) is 14.5. The lowest BCUT2D eigenvalue weighted by molar-refractivity contribution is -0.144. The molecule has 1 amide bonds. The van der Waals surface area contributed by atoms with Crippen LogP contribution < -0.4 is 0 Å². The highest BCUT2D eigenvalue weighted by atomic mass is 16.5. The van der Waals surface area contributed by atoms with E-state index >= 15 is 0 Å². The Morgan fingerprint density at radius 2 is 1.96 bits per heavy atom. The van der Waals surface area contributed by atoms with Gasteiger partial charge >= 0.3 is 0 Å². The molecule has 1 atom stereocenters. The molecular weight excluding hydrogens is 300 g/mol. The smallest absolute Gasteiger partial charge is 0.248 e. The normalized spacial score (nSPS) is 23.7. The Morgan fingerprint density at radius 3 is 2.71 bits per heavy atom. The molecule has 1 saturated carbocycles. The lowest BCUT2D eigenvalue weighted by Crippen LogP contribution is -2.48. The summed E-state index contributed by atoms with van der Waals surface area (Å²) >= 11 is 0. The van der Waals surface area contributed by atoms with E-state index in [2.05, 4.69) is 29.2 Å². The largest absolute Gasteiger partial charge is 0.370 e. The van der Waals surface area contributed by atoms with Crippen molar-refractivity contribution in [2.24, 2.45) is 11.8 Å². The first-order valence-corrected chi connectivity index (χ1v) is 9.44. The molecule has 0 bridgehead atoms. The van der Waals surface area contributed by atoms with Crippen LogP contribution in [0.1, 0.15) is 30.4 Å². The summed E-state index contributed by atoms with van der Waals surface area (Å²) in [5.74, 6) is 1.60. The Balaban J connectivity index is 1.40. The van der Waals surface area contributed by atoms with Gasteiger partial charge in [0, 0.05) is 32.7 Å². The van der Waals surface area contributed by atoms with E-state index in [9.17, 15) is 4.79 Å². The van der Waals surface area contributed by atoms with Crippen LogP contribution in [0.15, 0.2) is 24.3 Å². The molecule has 4 rings (SSSR count). The number of amides is 1. The number of morpholine rings is 1. The van der Waals surface area contributed by atoms with Crippen molar-refractivity contribution in [1.29, 1.82) is 0 Å². The number of fused-ring (bicyclic) bond motifs is 1. The van der Waals surface area contributed by atoms with Gasteiger partial charge in [-0.05, 0) is 29.4 Å². The number of hydrogen-bond donors (Lipinski definition) is 0. The average Bonchev–Trinajstić information content (AvgIpc) is 2.55. The quantitative estimate of drug-likeness (QED) is 0.832. The Morgan fingerprint density at radius 1 is 1.12 bits per heavy atom. The minimum absolute atomic E-state index is 0.176. The van der Waals surface area contributed by atoms with Crippen molar-refractivity contribution in [3.63, 3.8) is 0 Å². The van der Waals surface area contributed by atoms with Crippen LogP contribution >= 0.6 is 0 Å². The SMILES string of the molecule is O=C1COCCN1CC(CN1CCc2ccccc2C1)C1CCC1. The number of ether oxygens (including phenoxy) is 1. The molecule has 1 aromatic rings. The third-order valence-electron chi connectivity index (χ3n) is 6.06. The lowest BCUT2D eigenvalue weighted by atomic mass is 9.75. The molecule has 4 heteroatoms. The van der Waals surface area contributed by atoms with Gasteiger partial charge in [-0.25, -0.2) is 0 Å². The fourth-order valence-electron chi connectivity index (χ4n) is 4.34. The number of nitrogens with zero attached hydrogens (tertiary/aromatic N) is 2. The second-order valence-electron chi connectivity index (χ2n) is 7.60. The van der Waals surface area contributed by atoms with Gasteiger partial charge < -0.3 is 9.64 Å². The molecule has 1 saturated heterocycles. The molecule has 0 spiro atoms. The lowest BCUT2D eigenvalue weighted by Gasteiger charge is -2.41. The summed E-state index contributed by atoms with van der Waals surface area (Å²) in [6.45, 7) is 6.00. The van der Waals surface area contributed by atoms with Gasteiger partial charge in [-0.1, -0.05) is 43.5 Å². The summed E-state index contributed by atoms with van der Waals surface area (Å²) in [6.07, 6.45) is 5.20. The van der Waals surface area contributed by atoms with Crippen molar-refractivity contribution in [3.05, 3.63) is 35.4 Å². The number of carbonyl (C=O) groups excluding carboxylic acids is 1. The van der Waals surface area contributed by atoms with Gasteiger partial charge in [-0.3, -0.25) is 9.69 Å². The van der Waals surface area contributed by atoms with Gasteiger partial charge in [0.25, 0.3) is 0 Å². The first-order valence-electron chi connectivity index (χ1n) is 9.44. The maximum Gasteiger partial charge on any atom is 0.248 e. The minimum Gasteiger partial charge on any atom is -0.370 e. The molecule has 0 radical (unpaired) electrons. The summed E-state index contributed by atoms with van der Waals surface area (Å²) in [5.41, 5.74) is 3.00. The van der Waals surface area contributed by atoms with Gasteiger partial charge in [0.2, 0.25) is 5.91 Å². The molecule has 2 fully saturated rings. The van der Waals surface area contributed by atoms with Gasteiger partial charge in [-0.2, -0.15) is 0 Å². The van der Waals surface area contributed by atoms with Crippen molar-refractivity contribution in [3.8, 4) is 0 Å². The van der Waals surface area contributed by atoms with Crippen LogP contribution in [0.25, 0.3) is 0 Å². The Labute approximate surface area is 144 Å². The van der Waals surface area contributed by atoms with Crippen molar-refractivity contribution in [2.75, 3.05) is 39.4 Å². The van der Waals surface area contributed by atoms with Crippen molar-refractivity contribution in [2.45, 2.75) is 32.2 Å². The summed E-state index contributed by atoms with van der Waals surface area (Å²) in [4.78, 5) is 16.8. The molecule has 1 aliphatic carbocycles. The van der Waals surface area contributed by atoms with Gasteiger partial charge in [0.1, 0.15) is 6.61 Å². The first-order chi connectivity index (χ1) is 11.8. The molecule has 0 N–H and O–H groups in total. The van der Waals surface area contributed by atoms with E-state index in [0.29, 0.717) is 12.5 Å². The third kappa shape index (κ3) is 3.50. The van der Waals surface area contributed by atoms with Crippen LogP contribution in [0.2, 0.25) is 0 Å². The fourth-order valence-corrected chi connectivity index (χ4v) is 4.34. The predicted octanol–water partition coefficient (Wildman–Crippen LogP) is 2.32. The third-order valence-corrected chi connectivity index (χ3v) is 6.06. The Kier molecular flexibility index (Phi) is 4.86. The molecule has 24 heavy (non-hydrogen) atoms. The maximum atomic E-state index is 12.1. The van der Waals surface area contributed by atoms with E-state index in [1.807, 2.05) is 4.90 Å². The molecular formula is C20H28N2O2. The Hall–Kier alpha value is -1.39. The molecule has 2 aliphatic heterocycles. The van der Waals surface area contributed by atoms with Gasteiger partial charge in [-0.15, -0.1) is 0 Å².